The molecule has 0 aromatic heterocycles. The predicted molar refractivity (Wildman–Crippen MR) is 85.8 cm³/mol. The quantitative estimate of drug-likeness (QED) is 0.886. The van der Waals surface area contributed by atoms with Crippen molar-refractivity contribution in [1.82, 2.24) is 0 Å². The SMILES string of the molecule is Cc1ccc(NC(C(=O)O)c2c(C)cc(C)cc2C)cc1. The summed E-state index contributed by atoms with van der Waals surface area (Å²) in [7, 11) is 0. The van der Waals surface area contributed by atoms with Crippen LogP contribution in [0.2, 0.25) is 0 Å². The number of carboxylic acid groups (broad SMARTS) is 1. The molecule has 2 aromatic carbocycles. The highest BCUT2D eigenvalue weighted by Crippen LogP contribution is 2.27. The van der Waals surface area contributed by atoms with Gasteiger partial charge in [0.2, 0.25) is 0 Å². The van der Waals surface area contributed by atoms with Crippen LogP contribution in [0.4, 0.5) is 5.69 Å². The van der Waals surface area contributed by atoms with Crippen LogP contribution in [0.5, 0.6) is 0 Å². The molecule has 0 spiro atoms. The molecule has 0 saturated carbocycles. The molecular formula is C18H21NO2. The molecule has 2 N–H and O–H groups in total. The van der Waals surface area contributed by atoms with Gasteiger partial charge < -0.3 is 10.4 Å². The van der Waals surface area contributed by atoms with Gasteiger partial charge in [0.25, 0.3) is 0 Å². The van der Waals surface area contributed by atoms with Gasteiger partial charge in [0.1, 0.15) is 0 Å². The molecule has 2 rings (SSSR count). The summed E-state index contributed by atoms with van der Waals surface area (Å²) in [5, 5.41) is 12.7. The minimum atomic E-state index is -0.870. The van der Waals surface area contributed by atoms with Crippen molar-refractivity contribution in [3.05, 3.63) is 64.2 Å². The number of hydrogen-bond acceptors (Lipinski definition) is 2. The molecule has 21 heavy (non-hydrogen) atoms. The van der Waals surface area contributed by atoms with Gasteiger partial charge in [-0.05, 0) is 56.5 Å². The third kappa shape index (κ3) is 3.43. The van der Waals surface area contributed by atoms with Crippen molar-refractivity contribution in [2.45, 2.75) is 33.7 Å². The van der Waals surface area contributed by atoms with Gasteiger partial charge in [0, 0.05) is 5.69 Å². The number of anilines is 1. The van der Waals surface area contributed by atoms with E-state index in [1.807, 2.05) is 64.1 Å². The zero-order chi connectivity index (χ0) is 15.6. The summed E-state index contributed by atoms with van der Waals surface area (Å²) >= 11 is 0. The molecular weight excluding hydrogens is 262 g/mol. The number of benzene rings is 2. The van der Waals surface area contributed by atoms with Gasteiger partial charge in [-0.15, -0.1) is 0 Å². The number of carbonyl (C=O) groups is 1. The van der Waals surface area contributed by atoms with E-state index >= 15 is 0 Å². The lowest BCUT2D eigenvalue weighted by Gasteiger charge is -2.21. The van der Waals surface area contributed by atoms with Crippen molar-refractivity contribution < 1.29 is 9.90 Å². The summed E-state index contributed by atoms with van der Waals surface area (Å²) in [5.41, 5.74) is 5.95. The Hall–Kier alpha value is -2.29. The number of carboxylic acids is 1. The molecule has 0 aliphatic carbocycles. The normalized spacial score (nSPS) is 12.0. The van der Waals surface area contributed by atoms with E-state index in [1.165, 1.54) is 0 Å². The molecule has 0 radical (unpaired) electrons. The maximum absolute atomic E-state index is 11.7. The van der Waals surface area contributed by atoms with Crippen LogP contribution in [-0.4, -0.2) is 11.1 Å². The van der Waals surface area contributed by atoms with E-state index in [4.69, 9.17) is 0 Å². The van der Waals surface area contributed by atoms with Crippen LogP contribution < -0.4 is 5.32 Å². The van der Waals surface area contributed by atoms with E-state index < -0.39 is 12.0 Å². The molecule has 1 atom stereocenters. The fourth-order valence-electron chi connectivity index (χ4n) is 2.72. The first-order chi connectivity index (χ1) is 9.88. The van der Waals surface area contributed by atoms with Crippen molar-refractivity contribution in [3.8, 4) is 0 Å². The zero-order valence-electron chi connectivity index (χ0n) is 12.9. The van der Waals surface area contributed by atoms with Gasteiger partial charge in [-0.25, -0.2) is 4.79 Å². The van der Waals surface area contributed by atoms with E-state index in [-0.39, 0.29) is 0 Å². The van der Waals surface area contributed by atoms with E-state index in [0.717, 1.165) is 33.5 Å². The maximum atomic E-state index is 11.7. The topological polar surface area (TPSA) is 49.3 Å². The lowest BCUT2D eigenvalue weighted by molar-refractivity contribution is -0.138. The van der Waals surface area contributed by atoms with Crippen molar-refractivity contribution in [2.75, 3.05) is 5.32 Å². The lowest BCUT2D eigenvalue weighted by Crippen LogP contribution is -2.22. The monoisotopic (exact) mass is 283 g/mol. The molecule has 0 aliphatic rings. The van der Waals surface area contributed by atoms with Gasteiger partial charge >= 0.3 is 5.97 Å². The maximum Gasteiger partial charge on any atom is 0.330 e. The summed E-state index contributed by atoms with van der Waals surface area (Å²) in [5.74, 6) is -0.870. The zero-order valence-corrected chi connectivity index (χ0v) is 12.9. The highest BCUT2D eigenvalue weighted by molar-refractivity contribution is 5.80. The number of hydrogen-bond donors (Lipinski definition) is 2. The standard InChI is InChI=1S/C18H21NO2/c1-11-5-7-15(8-6-11)19-17(18(20)21)16-13(3)9-12(2)10-14(16)4/h5-10,17,19H,1-4H3,(H,20,21). The molecule has 0 heterocycles. The number of aliphatic carboxylic acids is 1. The second kappa shape index (κ2) is 6.00. The Kier molecular flexibility index (Phi) is 4.32. The molecule has 3 heteroatoms. The molecule has 0 amide bonds. The Morgan fingerprint density at radius 1 is 0.952 bits per heavy atom. The molecule has 0 fully saturated rings. The summed E-state index contributed by atoms with van der Waals surface area (Å²) in [6.07, 6.45) is 0. The van der Waals surface area contributed by atoms with Gasteiger partial charge in [0.15, 0.2) is 6.04 Å². The second-order valence-electron chi connectivity index (χ2n) is 5.59. The van der Waals surface area contributed by atoms with E-state index in [9.17, 15) is 9.90 Å². The lowest BCUT2D eigenvalue weighted by atomic mass is 9.94. The first-order valence-corrected chi connectivity index (χ1v) is 7.02. The Morgan fingerprint density at radius 2 is 1.48 bits per heavy atom. The summed E-state index contributed by atoms with van der Waals surface area (Å²) < 4.78 is 0. The van der Waals surface area contributed by atoms with E-state index in [0.29, 0.717) is 0 Å². The Bertz CT molecular complexity index is 636. The first-order valence-electron chi connectivity index (χ1n) is 7.02. The number of rotatable bonds is 4. The van der Waals surface area contributed by atoms with Crippen LogP contribution >= 0.6 is 0 Å². The summed E-state index contributed by atoms with van der Waals surface area (Å²) in [6.45, 7) is 7.95. The summed E-state index contributed by atoms with van der Waals surface area (Å²) in [4.78, 5) is 11.7. The van der Waals surface area contributed by atoms with Crippen LogP contribution in [0, 0.1) is 27.7 Å². The van der Waals surface area contributed by atoms with Crippen LogP contribution in [0.15, 0.2) is 36.4 Å². The third-order valence-electron chi connectivity index (χ3n) is 3.64. The largest absolute Gasteiger partial charge is 0.479 e. The Morgan fingerprint density at radius 3 is 1.95 bits per heavy atom. The molecule has 110 valence electrons. The van der Waals surface area contributed by atoms with E-state index in [1.54, 1.807) is 0 Å². The molecule has 3 nitrogen and oxygen atoms in total. The van der Waals surface area contributed by atoms with Gasteiger partial charge in [-0.2, -0.15) is 0 Å². The van der Waals surface area contributed by atoms with Crippen molar-refractivity contribution >= 4 is 11.7 Å². The molecule has 0 bridgehead atoms. The Labute approximate surface area is 125 Å². The third-order valence-corrected chi connectivity index (χ3v) is 3.64. The van der Waals surface area contributed by atoms with Crippen LogP contribution in [0.1, 0.15) is 33.9 Å². The molecule has 1 unspecified atom stereocenters. The summed E-state index contributed by atoms with van der Waals surface area (Å²) in [6, 6.07) is 11.1. The smallest absolute Gasteiger partial charge is 0.330 e. The van der Waals surface area contributed by atoms with Crippen LogP contribution in [0.3, 0.4) is 0 Å². The fraction of sp³-hybridized carbons (Fsp3) is 0.278. The molecule has 0 aliphatic heterocycles. The molecule has 0 saturated heterocycles. The number of nitrogens with one attached hydrogen (secondary N) is 1. The van der Waals surface area contributed by atoms with Crippen LogP contribution in [-0.2, 0) is 4.79 Å². The average Bonchev–Trinajstić information content (AvgIpc) is 2.38. The van der Waals surface area contributed by atoms with Gasteiger partial charge in [-0.3, -0.25) is 0 Å². The second-order valence-corrected chi connectivity index (χ2v) is 5.59. The minimum Gasteiger partial charge on any atom is -0.479 e. The number of aryl methyl sites for hydroxylation is 4. The van der Waals surface area contributed by atoms with Crippen molar-refractivity contribution in [2.24, 2.45) is 0 Å². The van der Waals surface area contributed by atoms with Crippen molar-refractivity contribution in [3.63, 3.8) is 0 Å². The Balaban J connectivity index is 2.40. The predicted octanol–water partition coefficient (Wildman–Crippen LogP) is 4.16. The van der Waals surface area contributed by atoms with Crippen LogP contribution in [0.25, 0.3) is 0 Å². The fourth-order valence-corrected chi connectivity index (χ4v) is 2.72. The average molecular weight is 283 g/mol. The minimum absolute atomic E-state index is 0.742. The van der Waals surface area contributed by atoms with Gasteiger partial charge in [-0.1, -0.05) is 35.4 Å². The van der Waals surface area contributed by atoms with Crippen molar-refractivity contribution in [1.29, 1.82) is 0 Å². The highest BCUT2D eigenvalue weighted by atomic mass is 16.4. The molecule has 2 aromatic rings. The van der Waals surface area contributed by atoms with E-state index in [2.05, 4.69) is 5.32 Å². The van der Waals surface area contributed by atoms with Gasteiger partial charge in [0.05, 0.1) is 0 Å². The highest BCUT2D eigenvalue weighted by Gasteiger charge is 2.23. The first kappa shape index (κ1) is 15.1.